The van der Waals surface area contributed by atoms with Crippen LogP contribution < -0.4 is 0 Å². The van der Waals surface area contributed by atoms with Gasteiger partial charge in [0.05, 0.1) is 31.5 Å². The van der Waals surface area contributed by atoms with E-state index in [0.717, 1.165) is 79.5 Å². The smallest absolute Gasteiger partial charge is 0.0720 e. The molecule has 3 aliphatic carbocycles. The van der Waals surface area contributed by atoms with Crippen LogP contribution in [0.25, 0.3) is 0 Å². The Kier molecular flexibility index (Phi) is 46.9. The minimum Gasteiger partial charge on any atom is -0.378 e. The average Bonchev–Trinajstić information content (AvgIpc) is 4.18. The summed E-state index contributed by atoms with van der Waals surface area (Å²) in [6, 6.07) is 41.9. The SMILES string of the molecule is CC(C)C1CCCC1.CC(C)C1CCCCC1.CC(C)C1CCCCCCC1.CC(C)CC1CCCO1.CC(C)CCc1ccccc1.CC(C)Cc1ccccc1.CC(C)OCCc1ccccc1.CC(C)OCc1ccccc1. The zero-order valence-corrected chi connectivity index (χ0v) is 56.1. The van der Waals surface area contributed by atoms with Crippen molar-refractivity contribution in [2.45, 2.75) is 283 Å². The Morgan fingerprint density at radius 2 is 0.716 bits per heavy atom. The predicted octanol–water partition coefficient (Wildman–Crippen LogP) is 23.7. The predicted molar refractivity (Wildman–Crippen MR) is 359 cm³/mol. The second-order valence-electron chi connectivity index (χ2n) is 27.0. The number of benzene rings is 4. The molecule has 462 valence electrons. The molecular formula is C78H132O3. The van der Waals surface area contributed by atoms with E-state index < -0.39 is 0 Å². The lowest BCUT2D eigenvalue weighted by Crippen LogP contribution is -2.12. The van der Waals surface area contributed by atoms with Crippen molar-refractivity contribution >= 4 is 0 Å². The lowest BCUT2D eigenvalue weighted by molar-refractivity contribution is 0.0657. The fraction of sp³-hybridized carbons (Fsp3) is 0.692. The maximum atomic E-state index is 5.46. The van der Waals surface area contributed by atoms with Gasteiger partial charge in [-0.15, -0.1) is 0 Å². The quantitative estimate of drug-likeness (QED) is 0.105. The van der Waals surface area contributed by atoms with E-state index in [-0.39, 0.29) is 0 Å². The van der Waals surface area contributed by atoms with Crippen molar-refractivity contribution in [2.24, 2.45) is 53.3 Å². The number of rotatable bonds is 17. The summed E-state index contributed by atoms with van der Waals surface area (Å²) in [5.74, 6) is 8.34. The second kappa shape index (κ2) is 50.1. The molecule has 4 fully saturated rings. The van der Waals surface area contributed by atoms with E-state index in [0.29, 0.717) is 18.3 Å². The van der Waals surface area contributed by atoms with Crippen LogP contribution in [0.2, 0.25) is 0 Å². The number of hydrogen-bond donors (Lipinski definition) is 0. The van der Waals surface area contributed by atoms with Crippen molar-refractivity contribution in [1.29, 1.82) is 0 Å². The van der Waals surface area contributed by atoms with Crippen LogP contribution in [0.3, 0.4) is 0 Å². The minimum atomic E-state index is 0.315. The van der Waals surface area contributed by atoms with Crippen LogP contribution in [0.5, 0.6) is 0 Å². The van der Waals surface area contributed by atoms with E-state index in [4.69, 9.17) is 14.2 Å². The number of aryl methyl sites for hydroxylation is 1. The van der Waals surface area contributed by atoms with Gasteiger partial charge in [0.2, 0.25) is 0 Å². The van der Waals surface area contributed by atoms with Crippen LogP contribution in [-0.4, -0.2) is 31.5 Å². The first-order valence-corrected chi connectivity index (χ1v) is 33.9. The minimum absolute atomic E-state index is 0.315. The Bertz CT molecular complexity index is 1810. The van der Waals surface area contributed by atoms with Crippen LogP contribution >= 0.6 is 0 Å². The van der Waals surface area contributed by atoms with Gasteiger partial charge in [-0.1, -0.05) is 307 Å². The van der Waals surface area contributed by atoms with Gasteiger partial charge in [-0.2, -0.15) is 0 Å². The van der Waals surface area contributed by atoms with Gasteiger partial charge < -0.3 is 14.2 Å². The molecule has 0 N–H and O–H groups in total. The molecule has 1 heterocycles. The van der Waals surface area contributed by atoms with Crippen molar-refractivity contribution in [3.8, 4) is 0 Å². The van der Waals surface area contributed by atoms with Crippen molar-refractivity contribution in [3.05, 3.63) is 144 Å². The first-order chi connectivity index (χ1) is 38.9. The Morgan fingerprint density at radius 3 is 1.06 bits per heavy atom. The topological polar surface area (TPSA) is 27.7 Å². The van der Waals surface area contributed by atoms with Gasteiger partial charge in [-0.25, -0.2) is 0 Å². The van der Waals surface area contributed by atoms with Gasteiger partial charge >= 0.3 is 0 Å². The van der Waals surface area contributed by atoms with Crippen LogP contribution in [0, 0.1) is 53.3 Å². The summed E-state index contributed by atoms with van der Waals surface area (Å²) in [7, 11) is 0. The summed E-state index contributed by atoms with van der Waals surface area (Å²) in [4.78, 5) is 0. The highest BCUT2D eigenvalue weighted by Gasteiger charge is 2.18. The molecule has 0 amide bonds. The van der Waals surface area contributed by atoms with Crippen LogP contribution in [0.15, 0.2) is 121 Å². The molecule has 1 saturated heterocycles. The lowest BCUT2D eigenvalue weighted by Gasteiger charge is -2.24. The molecule has 0 spiro atoms. The van der Waals surface area contributed by atoms with Crippen molar-refractivity contribution in [3.63, 3.8) is 0 Å². The van der Waals surface area contributed by atoms with E-state index >= 15 is 0 Å². The summed E-state index contributed by atoms with van der Waals surface area (Å²) >= 11 is 0. The Morgan fingerprint density at radius 1 is 0.358 bits per heavy atom. The van der Waals surface area contributed by atoms with Crippen LogP contribution in [0.1, 0.15) is 261 Å². The molecule has 3 heteroatoms. The summed E-state index contributed by atoms with van der Waals surface area (Å²) in [5.41, 5.74) is 5.48. The highest BCUT2D eigenvalue weighted by molar-refractivity contribution is 5.16. The molecule has 0 bridgehead atoms. The van der Waals surface area contributed by atoms with E-state index in [1.165, 1.54) is 164 Å². The molecule has 4 aromatic rings. The average molecular weight is 1120 g/mol. The molecule has 3 nitrogen and oxygen atoms in total. The van der Waals surface area contributed by atoms with E-state index in [1.807, 2.05) is 38.1 Å². The molecule has 4 aromatic carbocycles. The third-order valence-electron chi connectivity index (χ3n) is 16.2. The summed E-state index contributed by atoms with van der Waals surface area (Å²) < 4.78 is 16.3. The van der Waals surface area contributed by atoms with Gasteiger partial charge in [0.25, 0.3) is 0 Å². The van der Waals surface area contributed by atoms with Gasteiger partial charge in [0, 0.05) is 6.61 Å². The van der Waals surface area contributed by atoms with Crippen molar-refractivity contribution in [1.82, 2.24) is 0 Å². The fourth-order valence-corrected chi connectivity index (χ4v) is 11.0. The molecular weight excluding hydrogens is 985 g/mol. The molecule has 4 aliphatic rings. The van der Waals surface area contributed by atoms with E-state index in [9.17, 15) is 0 Å². The summed E-state index contributed by atoms with van der Waals surface area (Å²) in [6.45, 7) is 38.4. The maximum absolute atomic E-state index is 5.46. The molecule has 1 atom stereocenters. The van der Waals surface area contributed by atoms with Gasteiger partial charge in [0.1, 0.15) is 0 Å². The molecule has 0 radical (unpaired) electrons. The Balaban J connectivity index is 0.000000464. The van der Waals surface area contributed by atoms with Gasteiger partial charge in [-0.05, 0) is 148 Å². The summed E-state index contributed by atoms with van der Waals surface area (Å²) in [5, 5.41) is 0. The number of hydrogen-bond acceptors (Lipinski definition) is 3. The molecule has 3 saturated carbocycles. The molecule has 1 aliphatic heterocycles. The van der Waals surface area contributed by atoms with Crippen LogP contribution in [0.4, 0.5) is 0 Å². The fourth-order valence-electron chi connectivity index (χ4n) is 11.0. The monoisotopic (exact) mass is 1120 g/mol. The zero-order chi connectivity index (χ0) is 59.9. The van der Waals surface area contributed by atoms with Gasteiger partial charge in [-0.3, -0.25) is 0 Å². The molecule has 8 rings (SSSR count). The highest BCUT2D eigenvalue weighted by Crippen LogP contribution is 2.31. The zero-order valence-electron chi connectivity index (χ0n) is 56.1. The first-order valence-electron chi connectivity index (χ1n) is 33.9. The standard InChI is InChI=1S/C11H16O.C11H16.C11H22.C10H14O.C10H14.C9H18.C8H16O.C8H16/c1-10(2)12-9-8-11-6-4-3-5-7-11;1-10(2)8-9-11-6-4-3-5-7-11;1-10(2)11-8-6-4-3-5-7-9-11;1-9(2)11-8-10-6-4-3-5-7-10;1-9(2)8-10-6-4-3-5-7-10;1-8(2)9-6-4-3-5-7-9;1-7(2)6-8-4-3-5-9-8;1-7(2)8-5-3-4-6-8/h3-7,10H,8-9H2,1-2H3;3-7,10H,8-9H2,1-2H3;10-11H,3-9H2,1-2H3;3-7,9H,8H2,1-2H3;3-7,9H,8H2,1-2H3;8-9H,3-7H2,1-2H3;7-8H,3-6H2,1-2H3;7-8H,3-6H2,1-2H3. The van der Waals surface area contributed by atoms with E-state index in [2.05, 4.69) is 194 Å². The Labute approximate surface area is 505 Å². The van der Waals surface area contributed by atoms with Crippen LogP contribution in [-0.2, 0) is 40.1 Å². The first kappa shape index (κ1) is 75.8. The van der Waals surface area contributed by atoms with E-state index in [1.54, 1.807) is 0 Å². The molecule has 0 aromatic heterocycles. The largest absolute Gasteiger partial charge is 0.378 e. The third kappa shape index (κ3) is 45.8. The normalized spacial score (nSPS) is 16.7. The lowest BCUT2D eigenvalue weighted by atomic mass is 9.82. The van der Waals surface area contributed by atoms with Gasteiger partial charge in [0.15, 0.2) is 0 Å². The Hall–Kier alpha value is -3.24. The van der Waals surface area contributed by atoms with Crippen molar-refractivity contribution < 1.29 is 14.2 Å². The van der Waals surface area contributed by atoms with Crippen molar-refractivity contribution in [2.75, 3.05) is 13.2 Å². The molecule has 1 unspecified atom stereocenters. The summed E-state index contributed by atoms with van der Waals surface area (Å²) in [6.07, 6.45) is 33.7. The second-order valence-corrected chi connectivity index (χ2v) is 27.0. The highest BCUT2D eigenvalue weighted by atomic mass is 16.5. The number of ether oxygens (including phenoxy) is 3. The molecule has 81 heavy (non-hydrogen) atoms. The maximum Gasteiger partial charge on any atom is 0.0720 e. The third-order valence-corrected chi connectivity index (χ3v) is 16.2.